The highest BCUT2D eigenvalue weighted by atomic mass is 19.4. The molecule has 1 nitrogen and oxygen atoms in total. The summed E-state index contributed by atoms with van der Waals surface area (Å²) in [5, 5.41) is 0. The Morgan fingerprint density at radius 2 is 1.30 bits per heavy atom. The second-order valence-corrected chi connectivity index (χ2v) is 6.02. The average Bonchev–Trinajstić information content (AvgIpc) is 2.56. The van der Waals surface area contributed by atoms with Crippen LogP contribution in [0.3, 0.4) is 0 Å². The summed E-state index contributed by atoms with van der Waals surface area (Å²) in [5.41, 5.74) is 2.23. The molecule has 0 aliphatic heterocycles. The van der Waals surface area contributed by atoms with Gasteiger partial charge in [-0.15, -0.1) is 0 Å². The van der Waals surface area contributed by atoms with Gasteiger partial charge in [0.2, 0.25) is 0 Å². The number of alkyl halides is 3. The van der Waals surface area contributed by atoms with Crippen molar-refractivity contribution in [3.8, 4) is 16.9 Å². The molecule has 0 N–H and O–H groups in total. The van der Waals surface area contributed by atoms with Crippen molar-refractivity contribution in [2.75, 3.05) is 0 Å². The van der Waals surface area contributed by atoms with E-state index in [-0.39, 0.29) is 18.9 Å². The first-order valence-electron chi connectivity index (χ1n) is 7.91. The molecule has 0 spiro atoms. The van der Waals surface area contributed by atoms with Crippen LogP contribution in [0.5, 0.6) is 5.75 Å². The van der Waals surface area contributed by atoms with Gasteiger partial charge in [0, 0.05) is 0 Å². The predicted molar refractivity (Wildman–Crippen MR) is 84.3 cm³/mol. The summed E-state index contributed by atoms with van der Waals surface area (Å²) in [4.78, 5) is 0. The molecule has 4 heteroatoms. The lowest BCUT2D eigenvalue weighted by atomic mass is 9.87. The zero-order valence-electron chi connectivity index (χ0n) is 12.7. The van der Waals surface area contributed by atoms with Crippen LogP contribution in [-0.2, 0) is 0 Å². The van der Waals surface area contributed by atoms with Gasteiger partial charge in [0.25, 0.3) is 0 Å². The van der Waals surface area contributed by atoms with E-state index in [2.05, 4.69) is 0 Å². The molecule has 122 valence electrons. The van der Waals surface area contributed by atoms with Crippen LogP contribution in [0.25, 0.3) is 11.1 Å². The van der Waals surface area contributed by atoms with Gasteiger partial charge in [0.15, 0.2) is 0 Å². The van der Waals surface area contributed by atoms with E-state index in [1.165, 1.54) is 0 Å². The second-order valence-electron chi connectivity index (χ2n) is 6.02. The van der Waals surface area contributed by atoms with E-state index in [4.69, 9.17) is 4.74 Å². The highest BCUT2D eigenvalue weighted by Crippen LogP contribution is 2.38. The monoisotopic (exact) mass is 320 g/mol. The van der Waals surface area contributed by atoms with E-state index >= 15 is 0 Å². The van der Waals surface area contributed by atoms with E-state index in [0.717, 1.165) is 16.9 Å². The molecular weight excluding hydrogens is 301 g/mol. The highest BCUT2D eigenvalue weighted by Gasteiger charge is 2.41. The third-order valence-corrected chi connectivity index (χ3v) is 4.40. The fraction of sp³-hybridized carbons (Fsp3) is 0.368. The number of halogens is 3. The van der Waals surface area contributed by atoms with Crippen molar-refractivity contribution < 1.29 is 17.9 Å². The maximum absolute atomic E-state index is 12.7. The smallest absolute Gasteiger partial charge is 0.391 e. The normalized spacial score (nSPS) is 21.9. The Kier molecular flexibility index (Phi) is 4.60. The van der Waals surface area contributed by atoms with Gasteiger partial charge in [-0.3, -0.25) is 0 Å². The van der Waals surface area contributed by atoms with Crippen LogP contribution in [0, 0.1) is 5.92 Å². The van der Waals surface area contributed by atoms with E-state index in [0.29, 0.717) is 12.8 Å². The third kappa shape index (κ3) is 4.06. The van der Waals surface area contributed by atoms with Crippen LogP contribution < -0.4 is 4.74 Å². The fourth-order valence-electron chi connectivity index (χ4n) is 3.06. The van der Waals surface area contributed by atoms with Gasteiger partial charge in [-0.05, 0) is 48.9 Å². The minimum absolute atomic E-state index is 0.115. The van der Waals surface area contributed by atoms with Gasteiger partial charge < -0.3 is 4.74 Å². The number of benzene rings is 2. The number of hydrogen-bond acceptors (Lipinski definition) is 1. The molecule has 3 rings (SSSR count). The maximum Gasteiger partial charge on any atom is 0.391 e. The Morgan fingerprint density at radius 1 is 0.739 bits per heavy atom. The number of ether oxygens (including phenoxy) is 1. The van der Waals surface area contributed by atoms with Crippen molar-refractivity contribution >= 4 is 0 Å². The predicted octanol–water partition coefficient (Wildman–Crippen LogP) is 5.85. The molecule has 1 aliphatic carbocycles. The summed E-state index contributed by atoms with van der Waals surface area (Å²) in [7, 11) is 0. The van der Waals surface area contributed by atoms with E-state index in [9.17, 15) is 13.2 Å². The molecule has 0 aromatic heterocycles. The molecule has 0 bridgehead atoms. The minimum Gasteiger partial charge on any atom is -0.490 e. The van der Waals surface area contributed by atoms with Gasteiger partial charge in [-0.25, -0.2) is 0 Å². The molecule has 2 aromatic carbocycles. The van der Waals surface area contributed by atoms with Crippen LogP contribution in [0.1, 0.15) is 25.7 Å². The summed E-state index contributed by atoms with van der Waals surface area (Å²) >= 11 is 0. The zero-order valence-corrected chi connectivity index (χ0v) is 12.7. The number of rotatable bonds is 3. The fourth-order valence-corrected chi connectivity index (χ4v) is 3.06. The van der Waals surface area contributed by atoms with Gasteiger partial charge in [0.1, 0.15) is 5.75 Å². The third-order valence-electron chi connectivity index (χ3n) is 4.40. The van der Waals surface area contributed by atoms with Crippen LogP contribution >= 0.6 is 0 Å². The molecular formula is C19H19F3O. The number of hydrogen-bond donors (Lipinski definition) is 0. The first kappa shape index (κ1) is 15.9. The topological polar surface area (TPSA) is 9.23 Å². The molecule has 1 aliphatic rings. The summed E-state index contributed by atoms with van der Waals surface area (Å²) in [6.45, 7) is 0. The van der Waals surface area contributed by atoms with E-state index in [1.807, 2.05) is 54.6 Å². The Labute approximate surface area is 134 Å². The molecule has 2 aromatic rings. The van der Waals surface area contributed by atoms with Gasteiger partial charge in [-0.1, -0.05) is 42.5 Å². The average molecular weight is 320 g/mol. The van der Waals surface area contributed by atoms with Gasteiger partial charge in [0.05, 0.1) is 12.0 Å². The minimum atomic E-state index is -4.07. The quantitative estimate of drug-likeness (QED) is 0.689. The SMILES string of the molecule is FC(F)(F)C1CCC(Oc2ccc(-c3ccccc3)cc2)CC1. The van der Waals surface area contributed by atoms with Gasteiger partial charge >= 0.3 is 6.18 Å². The summed E-state index contributed by atoms with van der Waals surface area (Å²) in [6, 6.07) is 17.7. The Morgan fingerprint density at radius 3 is 1.87 bits per heavy atom. The standard InChI is InChI=1S/C19H19F3O/c20-19(21,22)16-8-12-18(13-9-16)23-17-10-6-15(7-11-17)14-4-2-1-3-5-14/h1-7,10-11,16,18H,8-9,12-13H2. The molecule has 0 radical (unpaired) electrons. The maximum atomic E-state index is 12.7. The molecule has 1 fully saturated rings. The molecule has 0 unspecified atom stereocenters. The van der Waals surface area contributed by atoms with Crippen LogP contribution in [-0.4, -0.2) is 12.3 Å². The molecule has 0 amide bonds. The first-order chi connectivity index (χ1) is 11.0. The molecule has 0 heterocycles. The Hall–Kier alpha value is -1.97. The molecule has 0 atom stereocenters. The van der Waals surface area contributed by atoms with Crippen molar-refractivity contribution in [2.45, 2.75) is 38.0 Å². The van der Waals surface area contributed by atoms with Crippen LogP contribution in [0.4, 0.5) is 13.2 Å². The lowest BCUT2D eigenvalue weighted by Gasteiger charge is -2.30. The van der Waals surface area contributed by atoms with Crippen LogP contribution in [0.2, 0.25) is 0 Å². The van der Waals surface area contributed by atoms with Crippen molar-refractivity contribution in [2.24, 2.45) is 5.92 Å². The largest absolute Gasteiger partial charge is 0.490 e. The zero-order chi connectivity index (χ0) is 16.3. The lowest BCUT2D eigenvalue weighted by molar-refractivity contribution is -0.185. The van der Waals surface area contributed by atoms with Crippen molar-refractivity contribution in [1.29, 1.82) is 0 Å². The van der Waals surface area contributed by atoms with E-state index < -0.39 is 12.1 Å². The Bertz CT molecular complexity index is 611. The van der Waals surface area contributed by atoms with Gasteiger partial charge in [-0.2, -0.15) is 13.2 Å². The summed E-state index contributed by atoms with van der Waals surface area (Å²) in [6.07, 6.45) is -2.93. The summed E-state index contributed by atoms with van der Waals surface area (Å²) in [5.74, 6) is -0.442. The molecule has 0 saturated heterocycles. The first-order valence-corrected chi connectivity index (χ1v) is 7.91. The van der Waals surface area contributed by atoms with Crippen LogP contribution in [0.15, 0.2) is 54.6 Å². The molecule has 1 saturated carbocycles. The van der Waals surface area contributed by atoms with Crippen molar-refractivity contribution in [1.82, 2.24) is 0 Å². The highest BCUT2D eigenvalue weighted by molar-refractivity contribution is 5.63. The molecule has 23 heavy (non-hydrogen) atoms. The summed E-state index contributed by atoms with van der Waals surface area (Å²) < 4.78 is 43.8. The van der Waals surface area contributed by atoms with Crippen molar-refractivity contribution in [3.63, 3.8) is 0 Å². The lowest BCUT2D eigenvalue weighted by Crippen LogP contribution is -2.31. The van der Waals surface area contributed by atoms with Crippen molar-refractivity contribution in [3.05, 3.63) is 54.6 Å². The Balaban J connectivity index is 1.57. The second kappa shape index (κ2) is 6.65. The van der Waals surface area contributed by atoms with E-state index in [1.54, 1.807) is 0 Å².